The standard InChI is InChI=1S/C20H16N2O3S/c23-19(21-12-11-14-5-1-2-8-16(14)21)13-22-17-9-3-6-15-7-4-10-18(20(15)17)26(22,24)25/h1-10H,11-13H2. The number of para-hydroxylation sites is 1. The molecule has 5 nitrogen and oxygen atoms in total. The van der Waals surface area contributed by atoms with Gasteiger partial charge in [0.15, 0.2) is 0 Å². The fourth-order valence-electron chi connectivity index (χ4n) is 3.93. The van der Waals surface area contributed by atoms with Gasteiger partial charge < -0.3 is 4.90 Å². The third-order valence-corrected chi connectivity index (χ3v) is 6.95. The molecule has 0 radical (unpaired) electrons. The Morgan fingerprint density at radius 3 is 2.50 bits per heavy atom. The molecule has 3 aromatic rings. The molecule has 2 aliphatic heterocycles. The van der Waals surface area contributed by atoms with Gasteiger partial charge >= 0.3 is 0 Å². The topological polar surface area (TPSA) is 57.7 Å². The maximum Gasteiger partial charge on any atom is 0.265 e. The Balaban J connectivity index is 1.54. The lowest BCUT2D eigenvalue weighted by Crippen LogP contribution is -2.41. The molecule has 0 bridgehead atoms. The van der Waals surface area contributed by atoms with E-state index < -0.39 is 10.0 Å². The van der Waals surface area contributed by atoms with Crippen LogP contribution in [0.2, 0.25) is 0 Å². The third kappa shape index (κ3) is 2.02. The Hall–Kier alpha value is -2.86. The van der Waals surface area contributed by atoms with Gasteiger partial charge in [-0.05, 0) is 35.6 Å². The summed E-state index contributed by atoms with van der Waals surface area (Å²) in [6, 6.07) is 18.5. The first-order chi connectivity index (χ1) is 12.6. The molecule has 0 aliphatic carbocycles. The van der Waals surface area contributed by atoms with Crippen LogP contribution in [0, 0.1) is 0 Å². The smallest absolute Gasteiger partial charge is 0.265 e. The predicted octanol–water partition coefficient (Wildman–Crippen LogP) is 2.94. The average molecular weight is 364 g/mol. The molecule has 1 amide bonds. The lowest BCUT2D eigenvalue weighted by atomic mass is 10.1. The predicted molar refractivity (Wildman–Crippen MR) is 101 cm³/mol. The highest BCUT2D eigenvalue weighted by molar-refractivity contribution is 7.93. The first-order valence-electron chi connectivity index (χ1n) is 8.50. The van der Waals surface area contributed by atoms with Crippen molar-refractivity contribution >= 4 is 38.1 Å². The second-order valence-electron chi connectivity index (χ2n) is 6.57. The second kappa shape index (κ2) is 5.32. The van der Waals surface area contributed by atoms with E-state index in [-0.39, 0.29) is 17.3 Å². The first kappa shape index (κ1) is 15.4. The van der Waals surface area contributed by atoms with Crippen LogP contribution in [0.1, 0.15) is 5.56 Å². The lowest BCUT2D eigenvalue weighted by Gasteiger charge is -2.23. The Morgan fingerprint density at radius 1 is 0.923 bits per heavy atom. The van der Waals surface area contributed by atoms with Gasteiger partial charge in [0.05, 0.1) is 10.6 Å². The van der Waals surface area contributed by atoms with Crippen LogP contribution in [0.3, 0.4) is 0 Å². The molecule has 0 fully saturated rings. The minimum absolute atomic E-state index is 0.190. The van der Waals surface area contributed by atoms with Gasteiger partial charge in [-0.15, -0.1) is 0 Å². The average Bonchev–Trinajstić information content (AvgIpc) is 3.17. The van der Waals surface area contributed by atoms with Crippen molar-refractivity contribution in [1.29, 1.82) is 0 Å². The summed E-state index contributed by atoms with van der Waals surface area (Å²) < 4.78 is 27.3. The lowest BCUT2D eigenvalue weighted by molar-refractivity contribution is -0.117. The highest BCUT2D eigenvalue weighted by Gasteiger charge is 2.38. The van der Waals surface area contributed by atoms with Crippen molar-refractivity contribution in [3.8, 4) is 0 Å². The molecule has 6 heteroatoms. The SMILES string of the molecule is O=C(CN1c2cccc3cccc(c23)S1(=O)=O)N1CCc2ccccc21. The number of nitrogens with zero attached hydrogens (tertiary/aromatic N) is 2. The number of amides is 1. The number of hydrogen-bond acceptors (Lipinski definition) is 3. The molecule has 0 aromatic heterocycles. The van der Waals surface area contributed by atoms with E-state index in [2.05, 4.69) is 0 Å². The van der Waals surface area contributed by atoms with Crippen LogP contribution in [-0.4, -0.2) is 27.4 Å². The maximum absolute atomic E-state index is 13.0. The summed E-state index contributed by atoms with van der Waals surface area (Å²) in [5.41, 5.74) is 2.58. The summed E-state index contributed by atoms with van der Waals surface area (Å²) in [6.45, 7) is 0.397. The van der Waals surface area contributed by atoms with E-state index in [4.69, 9.17) is 0 Å². The van der Waals surface area contributed by atoms with Crippen molar-refractivity contribution < 1.29 is 13.2 Å². The van der Waals surface area contributed by atoms with E-state index in [1.54, 1.807) is 23.1 Å². The molecular weight excluding hydrogens is 348 g/mol. The highest BCUT2D eigenvalue weighted by atomic mass is 32.2. The van der Waals surface area contributed by atoms with Gasteiger partial charge in [-0.25, -0.2) is 8.42 Å². The summed E-state index contributed by atoms with van der Waals surface area (Å²) in [5.74, 6) is -0.205. The van der Waals surface area contributed by atoms with Crippen LogP contribution >= 0.6 is 0 Å². The molecule has 0 spiro atoms. The van der Waals surface area contributed by atoms with Crippen LogP contribution in [0.4, 0.5) is 11.4 Å². The van der Waals surface area contributed by atoms with Gasteiger partial charge in [0, 0.05) is 17.6 Å². The summed E-state index contributed by atoms with van der Waals surface area (Å²) >= 11 is 0. The third-order valence-electron chi connectivity index (χ3n) is 5.15. The van der Waals surface area contributed by atoms with Crippen molar-refractivity contribution in [2.45, 2.75) is 11.3 Å². The molecule has 0 saturated carbocycles. The molecular formula is C20H16N2O3S. The van der Waals surface area contributed by atoms with E-state index in [0.717, 1.165) is 23.1 Å². The molecule has 0 saturated heterocycles. The minimum Gasteiger partial charge on any atom is -0.310 e. The molecule has 26 heavy (non-hydrogen) atoms. The monoisotopic (exact) mass is 364 g/mol. The number of rotatable bonds is 2. The molecule has 130 valence electrons. The van der Waals surface area contributed by atoms with Crippen molar-refractivity contribution in [3.05, 3.63) is 66.2 Å². The van der Waals surface area contributed by atoms with E-state index in [1.807, 2.05) is 42.5 Å². The van der Waals surface area contributed by atoms with E-state index >= 15 is 0 Å². The number of fused-ring (bicyclic) bond motifs is 1. The summed E-state index contributed by atoms with van der Waals surface area (Å²) in [5, 5.41) is 1.56. The van der Waals surface area contributed by atoms with Crippen LogP contribution in [-0.2, 0) is 21.2 Å². The molecule has 0 atom stereocenters. The van der Waals surface area contributed by atoms with Crippen molar-refractivity contribution in [2.24, 2.45) is 0 Å². The van der Waals surface area contributed by atoms with Gasteiger partial charge in [0.1, 0.15) is 6.54 Å². The Kier molecular flexibility index (Phi) is 3.15. The van der Waals surface area contributed by atoms with E-state index in [1.165, 1.54) is 4.31 Å². The number of carbonyl (C=O) groups excluding carboxylic acids is 1. The zero-order valence-corrected chi connectivity index (χ0v) is 14.7. The van der Waals surface area contributed by atoms with Crippen molar-refractivity contribution in [3.63, 3.8) is 0 Å². The Morgan fingerprint density at radius 2 is 1.65 bits per heavy atom. The Labute approximate surface area is 151 Å². The molecule has 5 rings (SSSR count). The molecule has 0 unspecified atom stereocenters. The van der Waals surface area contributed by atoms with Gasteiger partial charge in [-0.1, -0.05) is 42.5 Å². The van der Waals surface area contributed by atoms with Gasteiger partial charge in [-0.2, -0.15) is 0 Å². The van der Waals surface area contributed by atoms with Crippen molar-refractivity contribution in [1.82, 2.24) is 0 Å². The zero-order chi connectivity index (χ0) is 17.9. The largest absolute Gasteiger partial charge is 0.310 e. The second-order valence-corrected chi connectivity index (χ2v) is 8.40. The maximum atomic E-state index is 13.0. The zero-order valence-electron chi connectivity index (χ0n) is 13.9. The Bertz CT molecular complexity index is 1170. The van der Waals surface area contributed by atoms with Crippen molar-refractivity contribution in [2.75, 3.05) is 22.3 Å². The number of anilines is 2. The fraction of sp³-hybridized carbons (Fsp3) is 0.150. The fourth-order valence-corrected chi connectivity index (χ4v) is 5.59. The van der Waals surface area contributed by atoms with Gasteiger partial charge in [0.2, 0.25) is 5.91 Å². The molecule has 2 heterocycles. The number of hydrogen-bond donors (Lipinski definition) is 0. The summed E-state index contributed by atoms with van der Waals surface area (Å²) in [7, 11) is -3.71. The van der Waals surface area contributed by atoms with Gasteiger partial charge in [0.25, 0.3) is 10.0 Å². The normalized spacial score (nSPS) is 16.9. The highest BCUT2D eigenvalue weighted by Crippen LogP contribution is 2.42. The van der Waals surface area contributed by atoms with Crippen LogP contribution in [0.15, 0.2) is 65.6 Å². The first-order valence-corrected chi connectivity index (χ1v) is 9.94. The molecule has 0 N–H and O–H groups in total. The molecule has 2 aliphatic rings. The minimum atomic E-state index is -3.71. The summed E-state index contributed by atoms with van der Waals surface area (Å²) in [4.78, 5) is 14.9. The van der Waals surface area contributed by atoms with Gasteiger partial charge in [-0.3, -0.25) is 9.10 Å². The number of carbonyl (C=O) groups is 1. The van der Waals surface area contributed by atoms with Crippen LogP contribution in [0.5, 0.6) is 0 Å². The number of benzene rings is 3. The number of sulfonamides is 1. The van der Waals surface area contributed by atoms with E-state index in [9.17, 15) is 13.2 Å². The van der Waals surface area contributed by atoms with E-state index in [0.29, 0.717) is 17.6 Å². The summed E-state index contributed by atoms with van der Waals surface area (Å²) in [6.07, 6.45) is 0.796. The quantitative estimate of drug-likeness (QED) is 0.702. The van der Waals surface area contributed by atoms with Crippen LogP contribution < -0.4 is 9.21 Å². The molecule has 3 aromatic carbocycles. The van der Waals surface area contributed by atoms with Crippen LogP contribution in [0.25, 0.3) is 10.8 Å².